The van der Waals surface area contributed by atoms with Crippen molar-refractivity contribution in [2.45, 2.75) is 110 Å². The Morgan fingerprint density at radius 2 is 1.57 bits per heavy atom. The Morgan fingerprint density at radius 3 is 2.17 bits per heavy atom. The van der Waals surface area contributed by atoms with Gasteiger partial charge in [0.15, 0.2) is 0 Å². The predicted octanol–water partition coefficient (Wildman–Crippen LogP) is 9.30. The standard InChI is InChI=1S/C29H43F/c1-3-5-22-8-10-23(11-9-22)24-14-16-25(17-15-24)27-18-19-28(29(30)20-27)26-12-6-21(4-2)7-13-26/h16,18-24,26H,3-15,17H2,1-2H3. The Kier molecular flexibility index (Phi) is 7.71. The van der Waals surface area contributed by atoms with Gasteiger partial charge in [0.2, 0.25) is 0 Å². The van der Waals surface area contributed by atoms with Crippen molar-refractivity contribution in [3.8, 4) is 0 Å². The van der Waals surface area contributed by atoms with Crippen LogP contribution in [0.1, 0.15) is 121 Å². The number of halogens is 1. The van der Waals surface area contributed by atoms with Crippen LogP contribution < -0.4 is 0 Å². The molecule has 0 radical (unpaired) electrons. The zero-order valence-electron chi connectivity index (χ0n) is 19.5. The third-order valence-corrected chi connectivity index (χ3v) is 8.94. The molecule has 3 aliphatic carbocycles. The molecule has 0 spiro atoms. The summed E-state index contributed by atoms with van der Waals surface area (Å²) in [5.41, 5.74) is 3.51. The van der Waals surface area contributed by atoms with Gasteiger partial charge in [0.05, 0.1) is 0 Å². The molecule has 1 aromatic rings. The maximum absolute atomic E-state index is 15.0. The molecule has 4 rings (SSSR count). The maximum atomic E-state index is 15.0. The van der Waals surface area contributed by atoms with E-state index in [-0.39, 0.29) is 5.82 Å². The van der Waals surface area contributed by atoms with Crippen LogP contribution in [0.4, 0.5) is 4.39 Å². The lowest BCUT2D eigenvalue weighted by Gasteiger charge is -2.35. The van der Waals surface area contributed by atoms with Crippen molar-refractivity contribution in [3.63, 3.8) is 0 Å². The fourth-order valence-corrected chi connectivity index (χ4v) is 6.84. The van der Waals surface area contributed by atoms with Gasteiger partial charge in [-0.2, -0.15) is 0 Å². The molecule has 2 saturated carbocycles. The molecule has 0 bridgehead atoms. The minimum atomic E-state index is 0.0460. The number of hydrogen-bond donors (Lipinski definition) is 0. The first-order valence-electron chi connectivity index (χ1n) is 13.2. The summed E-state index contributed by atoms with van der Waals surface area (Å²) in [5.74, 6) is 4.16. The molecule has 30 heavy (non-hydrogen) atoms. The molecule has 1 unspecified atom stereocenters. The van der Waals surface area contributed by atoms with E-state index in [4.69, 9.17) is 0 Å². The van der Waals surface area contributed by atoms with Gasteiger partial charge >= 0.3 is 0 Å². The van der Waals surface area contributed by atoms with Gasteiger partial charge in [-0.05, 0) is 110 Å². The largest absolute Gasteiger partial charge is 0.207 e. The van der Waals surface area contributed by atoms with E-state index in [1.54, 1.807) is 0 Å². The molecular weight excluding hydrogens is 367 g/mol. The van der Waals surface area contributed by atoms with E-state index in [9.17, 15) is 0 Å². The molecule has 1 heteroatoms. The topological polar surface area (TPSA) is 0 Å². The smallest absolute Gasteiger partial charge is 0.127 e. The van der Waals surface area contributed by atoms with E-state index in [0.717, 1.165) is 41.2 Å². The summed E-state index contributed by atoms with van der Waals surface area (Å²) >= 11 is 0. The number of allylic oxidation sites excluding steroid dienone is 2. The SMILES string of the molecule is CCCC1CCC(C2CC=C(c3ccc(C4CCC(CC)CC4)c(F)c3)CC2)CC1. The summed E-state index contributed by atoms with van der Waals surface area (Å²) in [5, 5.41) is 0. The quantitative estimate of drug-likeness (QED) is 0.438. The lowest BCUT2D eigenvalue weighted by Crippen LogP contribution is -2.23. The normalized spacial score (nSPS) is 32.6. The molecule has 0 aliphatic heterocycles. The van der Waals surface area contributed by atoms with Crippen LogP contribution in [-0.2, 0) is 0 Å². The summed E-state index contributed by atoms with van der Waals surface area (Å²) in [6, 6.07) is 6.18. The van der Waals surface area contributed by atoms with E-state index in [1.807, 2.05) is 6.07 Å². The number of hydrogen-bond acceptors (Lipinski definition) is 0. The van der Waals surface area contributed by atoms with Crippen molar-refractivity contribution >= 4 is 5.57 Å². The van der Waals surface area contributed by atoms with Crippen LogP contribution in [-0.4, -0.2) is 0 Å². The van der Waals surface area contributed by atoms with Crippen LogP contribution in [0.25, 0.3) is 5.57 Å². The summed E-state index contributed by atoms with van der Waals surface area (Å²) in [6.45, 7) is 4.62. The molecule has 166 valence electrons. The highest BCUT2D eigenvalue weighted by Gasteiger charge is 2.29. The van der Waals surface area contributed by atoms with Crippen molar-refractivity contribution in [1.82, 2.24) is 0 Å². The van der Waals surface area contributed by atoms with Gasteiger partial charge in [-0.3, -0.25) is 0 Å². The van der Waals surface area contributed by atoms with Gasteiger partial charge in [-0.1, -0.05) is 64.2 Å². The number of benzene rings is 1. The van der Waals surface area contributed by atoms with Gasteiger partial charge in [-0.25, -0.2) is 4.39 Å². The summed E-state index contributed by atoms with van der Waals surface area (Å²) in [4.78, 5) is 0. The third-order valence-electron chi connectivity index (χ3n) is 8.94. The molecule has 0 heterocycles. The Morgan fingerprint density at radius 1 is 0.833 bits per heavy atom. The second-order valence-corrected chi connectivity index (χ2v) is 10.7. The van der Waals surface area contributed by atoms with E-state index < -0.39 is 0 Å². The average Bonchev–Trinajstić information content (AvgIpc) is 2.80. The maximum Gasteiger partial charge on any atom is 0.127 e. The fourth-order valence-electron chi connectivity index (χ4n) is 6.84. The third kappa shape index (κ3) is 5.20. The van der Waals surface area contributed by atoms with Crippen LogP contribution in [0, 0.1) is 29.5 Å². The molecule has 0 nitrogen and oxygen atoms in total. The van der Waals surface area contributed by atoms with E-state index in [2.05, 4.69) is 32.1 Å². The second kappa shape index (κ2) is 10.5. The zero-order valence-corrected chi connectivity index (χ0v) is 19.5. The molecule has 0 saturated heterocycles. The van der Waals surface area contributed by atoms with E-state index in [0.29, 0.717) is 5.92 Å². The highest BCUT2D eigenvalue weighted by Crippen LogP contribution is 2.43. The van der Waals surface area contributed by atoms with Crippen molar-refractivity contribution in [3.05, 3.63) is 41.2 Å². The van der Waals surface area contributed by atoms with Crippen LogP contribution in [0.3, 0.4) is 0 Å². The molecule has 0 N–H and O–H groups in total. The van der Waals surface area contributed by atoms with Crippen molar-refractivity contribution in [2.24, 2.45) is 23.7 Å². The lowest BCUT2D eigenvalue weighted by atomic mass is 9.70. The summed E-state index contributed by atoms with van der Waals surface area (Å²) < 4.78 is 15.0. The molecule has 0 amide bonds. The van der Waals surface area contributed by atoms with Gasteiger partial charge in [0.1, 0.15) is 5.82 Å². The molecule has 3 aliphatic rings. The molecule has 1 aromatic carbocycles. The van der Waals surface area contributed by atoms with E-state index >= 15 is 4.39 Å². The zero-order chi connectivity index (χ0) is 20.9. The molecule has 2 fully saturated rings. The first-order valence-corrected chi connectivity index (χ1v) is 13.2. The van der Waals surface area contributed by atoms with Crippen molar-refractivity contribution < 1.29 is 4.39 Å². The van der Waals surface area contributed by atoms with Crippen LogP contribution >= 0.6 is 0 Å². The highest BCUT2D eigenvalue weighted by atomic mass is 19.1. The van der Waals surface area contributed by atoms with Gasteiger partial charge < -0.3 is 0 Å². The fraction of sp³-hybridized carbons (Fsp3) is 0.724. The summed E-state index contributed by atoms with van der Waals surface area (Å²) in [6.07, 6.45) is 20.9. The monoisotopic (exact) mass is 410 g/mol. The van der Waals surface area contributed by atoms with Gasteiger partial charge in [0, 0.05) is 0 Å². The Hall–Kier alpha value is -1.11. The van der Waals surface area contributed by atoms with Crippen LogP contribution in [0.15, 0.2) is 24.3 Å². The summed E-state index contributed by atoms with van der Waals surface area (Å²) in [7, 11) is 0. The minimum Gasteiger partial charge on any atom is -0.207 e. The van der Waals surface area contributed by atoms with Crippen LogP contribution in [0.5, 0.6) is 0 Å². The average molecular weight is 411 g/mol. The Bertz CT molecular complexity index is 701. The van der Waals surface area contributed by atoms with Gasteiger partial charge in [-0.15, -0.1) is 0 Å². The van der Waals surface area contributed by atoms with Crippen molar-refractivity contribution in [1.29, 1.82) is 0 Å². The molecule has 0 aromatic heterocycles. The highest BCUT2D eigenvalue weighted by molar-refractivity contribution is 5.66. The van der Waals surface area contributed by atoms with Crippen molar-refractivity contribution in [2.75, 3.05) is 0 Å². The lowest BCUT2D eigenvalue weighted by molar-refractivity contribution is 0.189. The Balaban J connectivity index is 1.33. The van der Waals surface area contributed by atoms with E-state index in [1.165, 1.54) is 89.0 Å². The Labute approximate surface area is 184 Å². The van der Waals surface area contributed by atoms with Crippen LogP contribution in [0.2, 0.25) is 0 Å². The predicted molar refractivity (Wildman–Crippen MR) is 127 cm³/mol. The first kappa shape index (κ1) is 22.1. The van der Waals surface area contributed by atoms with Gasteiger partial charge in [0.25, 0.3) is 0 Å². The number of rotatable bonds is 6. The second-order valence-electron chi connectivity index (χ2n) is 10.7. The molecular formula is C29H43F. The molecule has 1 atom stereocenters. The first-order chi connectivity index (χ1) is 14.7. The minimum absolute atomic E-state index is 0.0460.